The number of anilines is 1. The summed E-state index contributed by atoms with van der Waals surface area (Å²) in [7, 11) is 0. The van der Waals surface area contributed by atoms with Gasteiger partial charge in [-0.25, -0.2) is 9.37 Å². The van der Waals surface area contributed by atoms with Gasteiger partial charge in [-0.3, -0.25) is 15.1 Å². The van der Waals surface area contributed by atoms with Crippen LogP contribution in [0.2, 0.25) is 0 Å². The lowest BCUT2D eigenvalue weighted by molar-refractivity contribution is 0.638. The van der Waals surface area contributed by atoms with Gasteiger partial charge in [-0.2, -0.15) is 5.10 Å². The zero-order valence-electron chi connectivity index (χ0n) is 15.9. The molecule has 150 valence electrons. The van der Waals surface area contributed by atoms with Crippen molar-refractivity contribution in [3.8, 4) is 33.2 Å². The second kappa shape index (κ2) is 6.71. The van der Waals surface area contributed by atoms with Crippen molar-refractivity contribution in [1.82, 2.24) is 30.1 Å². The van der Waals surface area contributed by atoms with Gasteiger partial charge in [0.2, 0.25) is 0 Å². The van der Waals surface area contributed by atoms with Crippen molar-refractivity contribution in [2.75, 3.05) is 5.73 Å². The highest BCUT2D eigenvalue weighted by molar-refractivity contribution is 7.13. The molecule has 4 N–H and O–H groups in total. The van der Waals surface area contributed by atoms with E-state index in [0.29, 0.717) is 33.7 Å². The molecule has 0 aliphatic rings. The van der Waals surface area contributed by atoms with Gasteiger partial charge >= 0.3 is 0 Å². The van der Waals surface area contributed by atoms with Crippen LogP contribution in [0.3, 0.4) is 0 Å². The molecule has 7 nitrogen and oxygen atoms in total. The van der Waals surface area contributed by atoms with E-state index in [2.05, 4.69) is 31.2 Å². The van der Waals surface area contributed by atoms with Gasteiger partial charge in [0.15, 0.2) is 11.6 Å². The van der Waals surface area contributed by atoms with Crippen molar-refractivity contribution < 1.29 is 4.39 Å². The van der Waals surface area contributed by atoms with Gasteiger partial charge in [0.25, 0.3) is 0 Å². The Morgan fingerprint density at radius 1 is 1.00 bits per heavy atom. The first-order valence-electron chi connectivity index (χ1n) is 9.45. The second-order valence-corrected chi connectivity index (χ2v) is 8.00. The summed E-state index contributed by atoms with van der Waals surface area (Å²) in [6.45, 7) is 0. The average molecular weight is 427 g/mol. The molecule has 31 heavy (non-hydrogen) atoms. The zero-order chi connectivity index (χ0) is 20.9. The number of benzene rings is 1. The Morgan fingerprint density at radius 3 is 2.77 bits per heavy atom. The van der Waals surface area contributed by atoms with Crippen LogP contribution in [0.5, 0.6) is 0 Å². The summed E-state index contributed by atoms with van der Waals surface area (Å²) < 4.78 is 15.6. The first-order chi connectivity index (χ1) is 15.2. The normalized spacial score (nSPS) is 11.5. The number of rotatable bonds is 3. The van der Waals surface area contributed by atoms with E-state index in [4.69, 9.17) is 10.7 Å². The number of aromatic nitrogens is 6. The highest BCUT2D eigenvalue weighted by Crippen LogP contribution is 2.35. The van der Waals surface area contributed by atoms with E-state index in [1.54, 1.807) is 23.6 Å². The maximum Gasteiger partial charge on any atom is 0.161 e. The Labute approximate surface area is 178 Å². The highest BCUT2D eigenvalue weighted by Gasteiger charge is 2.21. The first-order valence-corrected chi connectivity index (χ1v) is 10.3. The third kappa shape index (κ3) is 2.78. The van der Waals surface area contributed by atoms with Gasteiger partial charge in [-0.15, -0.1) is 11.3 Å². The summed E-state index contributed by atoms with van der Waals surface area (Å²) in [5, 5.41) is 9.52. The Hall–Kier alpha value is -4.11. The number of para-hydroxylation sites is 1. The molecule has 0 aliphatic carbocycles. The van der Waals surface area contributed by atoms with Crippen LogP contribution in [0.4, 0.5) is 10.1 Å². The van der Waals surface area contributed by atoms with Crippen molar-refractivity contribution in [1.29, 1.82) is 0 Å². The number of hydrogen-bond donors (Lipinski definition) is 3. The molecule has 0 unspecified atom stereocenters. The van der Waals surface area contributed by atoms with Gasteiger partial charge in [0.1, 0.15) is 11.4 Å². The molecule has 0 atom stereocenters. The number of aromatic amines is 2. The van der Waals surface area contributed by atoms with Crippen molar-refractivity contribution in [2.45, 2.75) is 0 Å². The Kier molecular flexibility index (Phi) is 3.84. The van der Waals surface area contributed by atoms with Crippen molar-refractivity contribution >= 4 is 39.0 Å². The number of thiophene rings is 1. The van der Waals surface area contributed by atoms with Gasteiger partial charge in [0.05, 0.1) is 33.8 Å². The number of imidazole rings is 1. The summed E-state index contributed by atoms with van der Waals surface area (Å²) in [5.74, 6) is -0.0282. The molecule has 0 radical (unpaired) electrons. The lowest BCUT2D eigenvalue weighted by atomic mass is 10.1. The Morgan fingerprint density at radius 2 is 1.94 bits per heavy atom. The standard InChI is InChI=1S/C22H14FN7S/c23-18-17-15(10-26-19(18)11-7-12(24)9-25-8-11)29-30-21(17)22-27-14-4-1-3-13(20(14)28-22)16-5-2-6-31-16/h1-10H,24H2,(H,27,28)(H,29,30). The van der Waals surface area contributed by atoms with E-state index >= 15 is 4.39 Å². The number of nitrogens with one attached hydrogen (secondary N) is 2. The number of halogens is 1. The molecule has 0 saturated carbocycles. The molecular weight excluding hydrogens is 413 g/mol. The van der Waals surface area contributed by atoms with Crippen LogP contribution in [0.15, 0.2) is 60.4 Å². The molecule has 9 heteroatoms. The third-order valence-electron chi connectivity index (χ3n) is 5.10. The van der Waals surface area contributed by atoms with Crippen LogP contribution in [0.1, 0.15) is 0 Å². The first kappa shape index (κ1) is 17.7. The van der Waals surface area contributed by atoms with E-state index < -0.39 is 5.82 Å². The fourth-order valence-corrected chi connectivity index (χ4v) is 4.46. The molecule has 6 aromatic rings. The molecule has 0 spiro atoms. The van der Waals surface area contributed by atoms with Crippen LogP contribution in [-0.4, -0.2) is 30.1 Å². The lowest BCUT2D eigenvalue weighted by Crippen LogP contribution is -1.94. The molecule has 5 aromatic heterocycles. The van der Waals surface area contributed by atoms with E-state index in [1.807, 2.05) is 29.6 Å². The molecule has 6 rings (SSSR count). The van der Waals surface area contributed by atoms with Crippen LogP contribution < -0.4 is 5.73 Å². The number of nitrogen functional groups attached to an aromatic ring is 1. The summed E-state index contributed by atoms with van der Waals surface area (Å²) in [6.07, 6.45) is 4.58. The van der Waals surface area contributed by atoms with Gasteiger partial charge in [-0.1, -0.05) is 18.2 Å². The molecule has 0 amide bonds. The monoisotopic (exact) mass is 427 g/mol. The minimum atomic E-state index is -0.507. The number of hydrogen-bond acceptors (Lipinski definition) is 6. The number of nitrogens with two attached hydrogens (primary N) is 1. The predicted octanol–water partition coefficient (Wildman–Crippen LogP) is 5.01. The highest BCUT2D eigenvalue weighted by atomic mass is 32.1. The summed E-state index contributed by atoms with van der Waals surface area (Å²) in [6, 6.07) is 11.6. The van der Waals surface area contributed by atoms with E-state index in [9.17, 15) is 0 Å². The summed E-state index contributed by atoms with van der Waals surface area (Å²) >= 11 is 1.64. The molecular formula is C22H14FN7S. The maximum atomic E-state index is 15.6. The Bertz CT molecular complexity index is 1570. The molecule has 5 heterocycles. The molecule has 0 fully saturated rings. The minimum Gasteiger partial charge on any atom is -0.397 e. The van der Waals surface area contributed by atoms with Gasteiger partial charge < -0.3 is 10.7 Å². The predicted molar refractivity (Wildman–Crippen MR) is 120 cm³/mol. The van der Waals surface area contributed by atoms with Gasteiger partial charge in [-0.05, 0) is 23.6 Å². The van der Waals surface area contributed by atoms with E-state index in [1.165, 1.54) is 12.4 Å². The largest absolute Gasteiger partial charge is 0.397 e. The fraction of sp³-hybridized carbons (Fsp3) is 0. The molecule has 0 aliphatic heterocycles. The van der Waals surface area contributed by atoms with Crippen molar-refractivity contribution in [3.63, 3.8) is 0 Å². The quantitative estimate of drug-likeness (QED) is 0.368. The van der Waals surface area contributed by atoms with Crippen LogP contribution >= 0.6 is 11.3 Å². The summed E-state index contributed by atoms with van der Waals surface area (Å²) in [4.78, 5) is 17.4. The van der Waals surface area contributed by atoms with Gasteiger partial charge in [0, 0.05) is 28.4 Å². The van der Waals surface area contributed by atoms with E-state index in [-0.39, 0.29) is 5.69 Å². The van der Waals surface area contributed by atoms with Crippen LogP contribution in [0.25, 0.3) is 55.2 Å². The van der Waals surface area contributed by atoms with Crippen molar-refractivity contribution in [3.05, 3.63) is 66.2 Å². The second-order valence-electron chi connectivity index (χ2n) is 7.05. The number of pyridine rings is 2. The lowest BCUT2D eigenvalue weighted by Gasteiger charge is -2.04. The smallest absolute Gasteiger partial charge is 0.161 e. The zero-order valence-corrected chi connectivity index (χ0v) is 16.7. The van der Waals surface area contributed by atoms with E-state index in [0.717, 1.165) is 21.5 Å². The third-order valence-corrected chi connectivity index (χ3v) is 6.00. The SMILES string of the molecule is Nc1cncc(-c2ncc3[nH]nc(-c4nc5c(-c6cccs6)cccc5[nH]4)c3c2F)c1. The number of H-pyrrole nitrogens is 2. The average Bonchev–Trinajstić information content (AvgIpc) is 3.52. The molecule has 0 saturated heterocycles. The maximum absolute atomic E-state index is 15.6. The topological polar surface area (TPSA) is 109 Å². The fourth-order valence-electron chi connectivity index (χ4n) is 3.71. The number of fused-ring (bicyclic) bond motifs is 2. The summed E-state index contributed by atoms with van der Waals surface area (Å²) in [5.41, 5.74) is 10.5. The molecule has 1 aromatic carbocycles. The van der Waals surface area contributed by atoms with Crippen molar-refractivity contribution in [2.24, 2.45) is 0 Å². The molecule has 0 bridgehead atoms. The van der Waals surface area contributed by atoms with Crippen LogP contribution in [-0.2, 0) is 0 Å². The Balaban J connectivity index is 1.56. The van der Waals surface area contributed by atoms with Crippen LogP contribution in [0, 0.1) is 5.82 Å². The number of nitrogens with zero attached hydrogens (tertiary/aromatic N) is 4. The minimum absolute atomic E-state index is 0.158.